The van der Waals surface area contributed by atoms with Gasteiger partial charge >= 0.3 is 0 Å². The van der Waals surface area contributed by atoms with E-state index in [1.165, 1.54) is 14.2 Å². The maximum Gasteiger partial charge on any atom is 0.0701 e. The minimum absolute atomic E-state index is 0.365. The highest BCUT2D eigenvalue weighted by Crippen LogP contribution is 2.30. The maximum absolute atomic E-state index is 3.75. The first-order valence-corrected chi connectivity index (χ1v) is 8.25. The van der Waals surface area contributed by atoms with E-state index in [1.807, 2.05) is 0 Å². The van der Waals surface area contributed by atoms with Gasteiger partial charge in [0.15, 0.2) is 0 Å². The van der Waals surface area contributed by atoms with Crippen LogP contribution in [0.5, 0.6) is 0 Å². The largest absolute Gasteiger partial charge is 0.302 e. The molecule has 102 valence electrons. The summed E-state index contributed by atoms with van der Waals surface area (Å²) in [5.41, 5.74) is 1.36. The second-order valence-electron chi connectivity index (χ2n) is 5.16. The van der Waals surface area contributed by atoms with E-state index in [-0.39, 0.29) is 0 Å². The molecule has 0 fully saturated rings. The number of thiophene rings is 1. The number of hydrogen-bond donors (Lipinski definition) is 1. The van der Waals surface area contributed by atoms with Crippen LogP contribution in [0.25, 0.3) is 0 Å². The first-order chi connectivity index (χ1) is 9.08. The SMILES string of the molecule is CC(NC(c1ccccc1)C(C)C)c1ccc(Br)s1. The van der Waals surface area contributed by atoms with Crippen molar-refractivity contribution in [3.05, 3.63) is 56.7 Å². The summed E-state index contributed by atoms with van der Waals surface area (Å²) in [7, 11) is 0. The van der Waals surface area contributed by atoms with Crippen LogP contribution in [0, 0.1) is 5.92 Å². The fourth-order valence-corrected chi connectivity index (χ4v) is 3.68. The lowest BCUT2D eigenvalue weighted by Gasteiger charge is -2.26. The van der Waals surface area contributed by atoms with Gasteiger partial charge in [0.05, 0.1) is 3.79 Å². The highest BCUT2D eigenvalue weighted by atomic mass is 79.9. The van der Waals surface area contributed by atoms with Gasteiger partial charge in [-0.2, -0.15) is 0 Å². The molecule has 2 unspecified atom stereocenters. The van der Waals surface area contributed by atoms with Gasteiger partial charge in [0.25, 0.3) is 0 Å². The quantitative estimate of drug-likeness (QED) is 0.753. The van der Waals surface area contributed by atoms with E-state index in [4.69, 9.17) is 0 Å². The van der Waals surface area contributed by atoms with Crippen LogP contribution in [0.15, 0.2) is 46.3 Å². The molecule has 0 amide bonds. The molecular formula is C16H20BrNS. The zero-order chi connectivity index (χ0) is 13.8. The fourth-order valence-electron chi connectivity index (χ4n) is 2.25. The summed E-state index contributed by atoms with van der Waals surface area (Å²) < 4.78 is 1.19. The molecule has 0 radical (unpaired) electrons. The molecule has 19 heavy (non-hydrogen) atoms. The van der Waals surface area contributed by atoms with Gasteiger partial charge in [-0.3, -0.25) is 0 Å². The summed E-state index contributed by atoms with van der Waals surface area (Å²) in [5.74, 6) is 0.563. The van der Waals surface area contributed by atoms with Gasteiger partial charge in [-0.25, -0.2) is 0 Å². The molecule has 3 heteroatoms. The molecule has 0 saturated carbocycles. The van der Waals surface area contributed by atoms with Gasteiger partial charge in [0.1, 0.15) is 0 Å². The second kappa shape index (κ2) is 6.69. The van der Waals surface area contributed by atoms with Gasteiger partial charge < -0.3 is 5.32 Å². The molecule has 0 bridgehead atoms. The van der Waals surface area contributed by atoms with E-state index < -0.39 is 0 Å². The summed E-state index contributed by atoms with van der Waals surface area (Å²) in [6, 6.07) is 15.8. The Balaban J connectivity index is 2.13. The molecule has 0 spiro atoms. The van der Waals surface area contributed by atoms with Crippen molar-refractivity contribution in [2.24, 2.45) is 5.92 Å². The summed E-state index contributed by atoms with van der Waals surface area (Å²) >= 11 is 5.33. The van der Waals surface area contributed by atoms with E-state index in [2.05, 4.69) is 84.5 Å². The summed E-state index contributed by atoms with van der Waals surface area (Å²) in [5, 5.41) is 3.75. The van der Waals surface area contributed by atoms with E-state index in [0.717, 1.165) is 0 Å². The third-order valence-corrected chi connectivity index (χ3v) is 5.08. The van der Waals surface area contributed by atoms with Crippen LogP contribution in [0.2, 0.25) is 0 Å². The lowest BCUT2D eigenvalue weighted by Crippen LogP contribution is -2.28. The number of nitrogens with one attached hydrogen (secondary N) is 1. The molecular weight excluding hydrogens is 318 g/mol. The van der Waals surface area contributed by atoms with E-state index in [0.29, 0.717) is 18.0 Å². The zero-order valence-corrected chi connectivity index (χ0v) is 14.0. The Hall–Kier alpha value is -0.640. The smallest absolute Gasteiger partial charge is 0.0701 e. The maximum atomic E-state index is 3.75. The van der Waals surface area contributed by atoms with Crippen molar-refractivity contribution in [1.29, 1.82) is 0 Å². The Kier molecular flexibility index (Phi) is 5.20. The number of hydrogen-bond acceptors (Lipinski definition) is 2. The van der Waals surface area contributed by atoms with Gasteiger partial charge in [-0.05, 0) is 46.5 Å². The first-order valence-electron chi connectivity index (χ1n) is 6.64. The molecule has 1 nitrogen and oxygen atoms in total. The Labute approximate surface area is 128 Å². The molecule has 0 aliphatic carbocycles. The molecule has 1 N–H and O–H groups in total. The lowest BCUT2D eigenvalue weighted by atomic mass is 9.95. The number of benzene rings is 1. The van der Waals surface area contributed by atoms with Crippen molar-refractivity contribution < 1.29 is 0 Å². The van der Waals surface area contributed by atoms with Crippen LogP contribution < -0.4 is 5.32 Å². The van der Waals surface area contributed by atoms with Gasteiger partial charge in [0.2, 0.25) is 0 Å². The Bertz CT molecular complexity index is 506. The molecule has 2 rings (SSSR count). The normalized spacial score (nSPS) is 14.6. The van der Waals surface area contributed by atoms with Crippen molar-refractivity contribution >= 4 is 27.3 Å². The van der Waals surface area contributed by atoms with Crippen LogP contribution in [0.3, 0.4) is 0 Å². The van der Waals surface area contributed by atoms with Crippen molar-refractivity contribution in [2.75, 3.05) is 0 Å². The van der Waals surface area contributed by atoms with Crippen molar-refractivity contribution in [1.82, 2.24) is 5.32 Å². The standard InChI is InChI=1S/C16H20BrNS/c1-11(2)16(13-7-5-4-6-8-13)18-12(3)14-9-10-15(17)19-14/h4-12,16,18H,1-3H3. The summed E-state index contributed by atoms with van der Waals surface area (Å²) in [6.45, 7) is 6.76. The Morgan fingerprint density at radius 1 is 1.00 bits per heavy atom. The summed E-state index contributed by atoms with van der Waals surface area (Å²) in [4.78, 5) is 1.37. The molecule has 0 aliphatic rings. The van der Waals surface area contributed by atoms with E-state index >= 15 is 0 Å². The van der Waals surface area contributed by atoms with Crippen molar-refractivity contribution in [2.45, 2.75) is 32.9 Å². The lowest BCUT2D eigenvalue weighted by molar-refractivity contribution is 0.377. The van der Waals surface area contributed by atoms with Gasteiger partial charge in [-0.15, -0.1) is 11.3 Å². The predicted molar refractivity (Wildman–Crippen MR) is 87.6 cm³/mol. The average molecular weight is 338 g/mol. The Morgan fingerprint density at radius 3 is 2.21 bits per heavy atom. The zero-order valence-electron chi connectivity index (χ0n) is 11.6. The highest BCUT2D eigenvalue weighted by molar-refractivity contribution is 9.11. The highest BCUT2D eigenvalue weighted by Gasteiger charge is 2.19. The summed E-state index contributed by atoms with van der Waals surface area (Å²) in [6.07, 6.45) is 0. The third-order valence-electron chi connectivity index (χ3n) is 3.28. The van der Waals surface area contributed by atoms with Crippen LogP contribution in [0.1, 0.15) is 43.3 Å². The van der Waals surface area contributed by atoms with E-state index in [1.54, 1.807) is 11.3 Å². The van der Waals surface area contributed by atoms with Crippen LogP contribution in [-0.2, 0) is 0 Å². The number of halogens is 1. The average Bonchev–Trinajstić information content (AvgIpc) is 2.83. The van der Waals surface area contributed by atoms with Gasteiger partial charge in [0, 0.05) is 17.0 Å². The van der Waals surface area contributed by atoms with E-state index in [9.17, 15) is 0 Å². The molecule has 0 aliphatic heterocycles. The molecule has 2 aromatic rings. The molecule has 1 aromatic carbocycles. The van der Waals surface area contributed by atoms with Crippen LogP contribution in [-0.4, -0.2) is 0 Å². The Morgan fingerprint density at radius 2 is 1.68 bits per heavy atom. The van der Waals surface area contributed by atoms with Crippen LogP contribution in [0.4, 0.5) is 0 Å². The molecule has 1 aromatic heterocycles. The third kappa shape index (κ3) is 3.91. The molecule has 0 saturated heterocycles. The monoisotopic (exact) mass is 337 g/mol. The van der Waals surface area contributed by atoms with Crippen LogP contribution >= 0.6 is 27.3 Å². The minimum atomic E-state index is 0.365. The number of rotatable bonds is 5. The molecule has 2 atom stereocenters. The first kappa shape index (κ1) is 14.8. The second-order valence-corrected chi connectivity index (χ2v) is 7.66. The fraction of sp³-hybridized carbons (Fsp3) is 0.375. The topological polar surface area (TPSA) is 12.0 Å². The van der Waals surface area contributed by atoms with Crippen molar-refractivity contribution in [3.63, 3.8) is 0 Å². The van der Waals surface area contributed by atoms with Gasteiger partial charge in [-0.1, -0.05) is 44.2 Å². The minimum Gasteiger partial charge on any atom is -0.302 e. The predicted octanol–water partition coefficient (Wildman–Crippen LogP) is 5.56. The van der Waals surface area contributed by atoms with Crippen molar-refractivity contribution in [3.8, 4) is 0 Å². The molecule has 1 heterocycles.